The molecule has 0 saturated heterocycles. The maximum atomic E-state index is 10.5. The number of aliphatic hydroxyl groups excluding tert-OH is 1. The monoisotopic (exact) mass is 271 g/mol. The van der Waals surface area contributed by atoms with Gasteiger partial charge in [-0.3, -0.25) is 0 Å². The Balaban J connectivity index is 0.000000344. The lowest BCUT2D eigenvalue weighted by atomic mass is 10.1. The minimum Gasteiger partial charge on any atom is -0.469 e. The largest absolute Gasteiger partial charge is 0.469 e. The molecule has 1 rings (SSSR count). The van der Waals surface area contributed by atoms with Crippen LogP contribution < -0.4 is 5.32 Å². The van der Waals surface area contributed by atoms with Gasteiger partial charge in [0.15, 0.2) is 0 Å². The Bertz CT molecular complexity index is 341. The summed E-state index contributed by atoms with van der Waals surface area (Å²) in [6.45, 7) is 7.68. The molecule has 0 aliphatic heterocycles. The number of hydrogen-bond donors (Lipinski definition) is 2. The number of alkyl carbamates (subject to hydrolysis) is 1. The van der Waals surface area contributed by atoms with E-state index < -0.39 is 0 Å². The molecule has 110 valence electrons. The average Bonchev–Trinajstić information content (AvgIpc) is 2.80. The first-order valence-electron chi connectivity index (χ1n) is 6.32. The van der Waals surface area contributed by atoms with Gasteiger partial charge in [-0.25, -0.2) is 4.79 Å². The van der Waals surface area contributed by atoms with E-state index in [2.05, 4.69) is 5.32 Å². The fourth-order valence-corrected chi connectivity index (χ4v) is 1.17. The molecule has 1 heterocycles. The number of carbonyl (C=O) groups excluding carboxylic acids is 1. The van der Waals surface area contributed by atoms with E-state index in [-0.39, 0.29) is 18.3 Å². The SMILES string of the molecule is CC(CO)Cc1ccco1.CNC(=O)OC(C)(C)C. The van der Waals surface area contributed by atoms with E-state index in [1.54, 1.807) is 6.26 Å². The Morgan fingerprint density at radius 3 is 2.47 bits per heavy atom. The standard InChI is InChI=1S/C8H12O2.C6H13NO2/c1-7(6-9)5-8-3-2-4-10-8;1-6(2,3)9-5(8)7-4/h2-4,7,9H,5-6H2,1H3;1-4H3,(H,7,8). The van der Waals surface area contributed by atoms with Gasteiger partial charge >= 0.3 is 6.09 Å². The summed E-state index contributed by atoms with van der Waals surface area (Å²) >= 11 is 0. The van der Waals surface area contributed by atoms with E-state index in [0.29, 0.717) is 5.92 Å². The summed E-state index contributed by atoms with van der Waals surface area (Å²) < 4.78 is 9.93. The van der Waals surface area contributed by atoms with Crippen molar-refractivity contribution in [3.63, 3.8) is 0 Å². The number of rotatable bonds is 3. The van der Waals surface area contributed by atoms with Crippen LogP contribution in [-0.2, 0) is 11.2 Å². The van der Waals surface area contributed by atoms with Crippen molar-refractivity contribution >= 4 is 6.09 Å². The van der Waals surface area contributed by atoms with Gasteiger partial charge in [0.2, 0.25) is 0 Å². The molecule has 1 unspecified atom stereocenters. The Morgan fingerprint density at radius 2 is 2.16 bits per heavy atom. The molecule has 0 bridgehead atoms. The molecule has 19 heavy (non-hydrogen) atoms. The molecule has 1 amide bonds. The van der Waals surface area contributed by atoms with Gasteiger partial charge in [0.1, 0.15) is 11.4 Å². The van der Waals surface area contributed by atoms with Gasteiger partial charge in [-0.15, -0.1) is 0 Å². The van der Waals surface area contributed by atoms with Gasteiger partial charge in [-0.05, 0) is 38.8 Å². The van der Waals surface area contributed by atoms with Crippen molar-refractivity contribution in [2.24, 2.45) is 5.92 Å². The van der Waals surface area contributed by atoms with E-state index in [9.17, 15) is 4.79 Å². The minimum atomic E-state index is -0.389. The van der Waals surface area contributed by atoms with Crippen molar-refractivity contribution in [2.45, 2.75) is 39.7 Å². The third kappa shape index (κ3) is 10.1. The van der Waals surface area contributed by atoms with E-state index >= 15 is 0 Å². The van der Waals surface area contributed by atoms with Gasteiger partial charge in [0.05, 0.1) is 6.26 Å². The highest BCUT2D eigenvalue weighted by Gasteiger charge is 2.13. The lowest BCUT2D eigenvalue weighted by Gasteiger charge is -2.18. The van der Waals surface area contributed by atoms with Gasteiger partial charge < -0.3 is 19.6 Å². The molecule has 0 saturated carbocycles. The molecule has 5 heteroatoms. The fourth-order valence-electron chi connectivity index (χ4n) is 1.17. The maximum absolute atomic E-state index is 10.5. The number of aliphatic hydroxyl groups is 1. The molecule has 0 aliphatic carbocycles. The quantitative estimate of drug-likeness (QED) is 0.886. The lowest BCUT2D eigenvalue weighted by molar-refractivity contribution is 0.0541. The van der Waals surface area contributed by atoms with Crippen molar-refractivity contribution in [1.29, 1.82) is 0 Å². The highest BCUT2D eigenvalue weighted by atomic mass is 16.6. The predicted molar refractivity (Wildman–Crippen MR) is 74.0 cm³/mol. The normalized spacial score (nSPS) is 12.1. The van der Waals surface area contributed by atoms with Crippen LogP contribution in [0.1, 0.15) is 33.5 Å². The van der Waals surface area contributed by atoms with Crippen LogP contribution in [-0.4, -0.2) is 30.5 Å². The van der Waals surface area contributed by atoms with Gasteiger partial charge in [0.25, 0.3) is 0 Å². The first-order valence-corrected chi connectivity index (χ1v) is 6.32. The summed E-state index contributed by atoms with van der Waals surface area (Å²) in [6, 6.07) is 3.78. The third-order valence-corrected chi connectivity index (χ3v) is 2.04. The van der Waals surface area contributed by atoms with Crippen LogP contribution >= 0.6 is 0 Å². The Hall–Kier alpha value is -1.49. The molecular formula is C14H25NO4. The minimum absolute atomic E-state index is 0.223. The smallest absolute Gasteiger partial charge is 0.407 e. The molecular weight excluding hydrogens is 246 g/mol. The number of ether oxygens (including phenoxy) is 1. The van der Waals surface area contributed by atoms with Crippen LogP contribution in [0, 0.1) is 5.92 Å². The molecule has 1 aromatic rings. The fraction of sp³-hybridized carbons (Fsp3) is 0.643. The molecule has 1 aromatic heterocycles. The Morgan fingerprint density at radius 1 is 1.53 bits per heavy atom. The number of carbonyl (C=O) groups is 1. The second-order valence-electron chi connectivity index (χ2n) is 5.32. The molecule has 1 atom stereocenters. The molecule has 0 aliphatic rings. The van der Waals surface area contributed by atoms with Crippen molar-refractivity contribution in [2.75, 3.05) is 13.7 Å². The van der Waals surface area contributed by atoms with Gasteiger partial charge in [-0.2, -0.15) is 0 Å². The first-order chi connectivity index (χ1) is 8.78. The second-order valence-corrected chi connectivity index (χ2v) is 5.32. The number of furan rings is 1. The van der Waals surface area contributed by atoms with Crippen LogP contribution in [0.2, 0.25) is 0 Å². The molecule has 0 radical (unpaired) electrons. The Labute approximate surface area is 115 Å². The second kappa shape index (κ2) is 8.58. The van der Waals surface area contributed by atoms with Crippen LogP contribution in [0.4, 0.5) is 4.79 Å². The zero-order chi connectivity index (χ0) is 14.9. The predicted octanol–water partition coefficient (Wildman–Crippen LogP) is 2.59. The van der Waals surface area contributed by atoms with E-state index in [0.717, 1.165) is 12.2 Å². The number of nitrogens with one attached hydrogen (secondary N) is 1. The molecule has 0 aromatic carbocycles. The van der Waals surface area contributed by atoms with Crippen LogP contribution in [0.3, 0.4) is 0 Å². The first kappa shape index (κ1) is 17.5. The van der Waals surface area contributed by atoms with Crippen molar-refractivity contribution in [3.8, 4) is 0 Å². The van der Waals surface area contributed by atoms with Crippen molar-refractivity contribution in [1.82, 2.24) is 5.32 Å². The molecule has 0 fully saturated rings. The van der Waals surface area contributed by atoms with E-state index in [1.165, 1.54) is 7.05 Å². The summed E-state index contributed by atoms with van der Waals surface area (Å²) in [5.41, 5.74) is -0.389. The topological polar surface area (TPSA) is 71.7 Å². The molecule has 2 N–H and O–H groups in total. The molecule has 5 nitrogen and oxygen atoms in total. The zero-order valence-corrected chi connectivity index (χ0v) is 12.4. The Kier molecular flexibility index (Phi) is 7.91. The maximum Gasteiger partial charge on any atom is 0.407 e. The van der Waals surface area contributed by atoms with Crippen molar-refractivity contribution in [3.05, 3.63) is 24.2 Å². The molecule has 0 spiro atoms. The van der Waals surface area contributed by atoms with Crippen LogP contribution in [0.25, 0.3) is 0 Å². The van der Waals surface area contributed by atoms with Crippen LogP contribution in [0.15, 0.2) is 22.8 Å². The summed E-state index contributed by atoms with van der Waals surface area (Å²) in [6.07, 6.45) is 2.09. The highest BCUT2D eigenvalue weighted by Crippen LogP contribution is 2.07. The lowest BCUT2D eigenvalue weighted by Crippen LogP contribution is -2.30. The third-order valence-electron chi connectivity index (χ3n) is 2.04. The van der Waals surface area contributed by atoms with Crippen molar-refractivity contribution < 1.29 is 19.1 Å². The van der Waals surface area contributed by atoms with E-state index in [4.69, 9.17) is 14.3 Å². The highest BCUT2D eigenvalue weighted by molar-refractivity contribution is 5.67. The summed E-state index contributed by atoms with van der Waals surface area (Å²) in [4.78, 5) is 10.5. The summed E-state index contributed by atoms with van der Waals surface area (Å²) in [5.74, 6) is 1.24. The number of amides is 1. The van der Waals surface area contributed by atoms with E-state index in [1.807, 2.05) is 39.8 Å². The van der Waals surface area contributed by atoms with Crippen LogP contribution in [0.5, 0.6) is 0 Å². The number of hydrogen-bond acceptors (Lipinski definition) is 4. The average molecular weight is 271 g/mol. The van der Waals surface area contributed by atoms with Gasteiger partial charge in [0, 0.05) is 20.1 Å². The summed E-state index contributed by atoms with van der Waals surface area (Å²) in [5, 5.41) is 11.1. The summed E-state index contributed by atoms with van der Waals surface area (Å²) in [7, 11) is 1.54. The van der Waals surface area contributed by atoms with Gasteiger partial charge in [-0.1, -0.05) is 6.92 Å². The zero-order valence-electron chi connectivity index (χ0n) is 12.4.